The molecule has 34 heavy (non-hydrogen) atoms. The van der Waals surface area contributed by atoms with Crippen molar-refractivity contribution in [1.29, 1.82) is 0 Å². The van der Waals surface area contributed by atoms with Gasteiger partial charge in [-0.3, -0.25) is 14.4 Å². The Labute approximate surface area is 194 Å². The molecule has 2 aromatic carbocycles. The van der Waals surface area contributed by atoms with Crippen molar-refractivity contribution in [2.75, 3.05) is 11.9 Å². The number of hydrogen-bond acceptors (Lipinski definition) is 4. The summed E-state index contributed by atoms with van der Waals surface area (Å²) in [7, 11) is 0. The Bertz CT molecular complexity index is 1250. The standard InChI is InChI=1S/C24H23F3N4O3/c1-4-16-8-5-6-11-19(16)29-20(32)13-28-23(34)22(33)21-14(2)30-31(15(21)3)18-10-7-9-17(12-18)24(25,26)27/h5-12H,4,13H2,1-3H3,(H,28,34)(H,29,32). The number of alkyl halides is 3. The number of aryl methyl sites for hydroxylation is 2. The van der Waals surface area contributed by atoms with Crippen molar-refractivity contribution in [3.8, 4) is 5.69 Å². The number of carbonyl (C=O) groups is 3. The van der Waals surface area contributed by atoms with Gasteiger partial charge in [0.15, 0.2) is 0 Å². The van der Waals surface area contributed by atoms with Gasteiger partial charge in [0.2, 0.25) is 5.91 Å². The predicted molar refractivity (Wildman–Crippen MR) is 120 cm³/mol. The van der Waals surface area contributed by atoms with Crippen molar-refractivity contribution in [3.05, 3.63) is 76.6 Å². The molecule has 0 bridgehead atoms. The van der Waals surface area contributed by atoms with Crippen LogP contribution in [-0.4, -0.2) is 33.9 Å². The minimum absolute atomic E-state index is 0.0355. The van der Waals surface area contributed by atoms with Gasteiger partial charge in [-0.25, -0.2) is 4.68 Å². The van der Waals surface area contributed by atoms with Crippen molar-refractivity contribution >= 4 is 23.3 Å². The molecule has 0 fully saturated rings. The first-order valence-corrected chi connectivity index (χ1v) is 10.5. The first kappa shape index (κ1) is 24.7. The highest BCUT2D eigenvalue weighted by atomic mass is 19.4. The van der Waals surface area contributed by atoms with Gasteiger partial charge >= 0.3 is 6.18 Å². The fourth-order valence-electron chi connectivity index (χ4n) is 3.54. The summed E-state index contributed by atoms with van der Waals surface area (Å²) >= 11 is 0. The summed E-state index contributed by atoms with van der Waals surface area (Å²) in [6.45, 7) is 4.47. The molecule has 1 aromatic heterocycles. The van der Waals surface area contributed by atoms with Gasteiger partial charge in [0.25, 0.3) is 11.7 Å². The van der Waals surface area contributed by atoms with Crippen LogP contribution in [0.2, 0.25) is 0 Å². The molecule has 178 valence electrons. The van der Waals surface area contributed by atoms with Crippen molar-refractivity contribution in [2.24, 2.45) is 0 Å². The normalized spacial score (nSPS) is 11.2. The van der Waals surface area contributed by atoms with E-state index in [1.54, 1.807) is 12.1 Å². The molecular weight excluding hydrogens is 449 g/mol. The maximum absolute atomic E-state index is 13.1. The van der Waals surface area contributed by atoms with Gasteiger partial charge in [0, 0.05) is 5.69 Å². The highest BCUT2D eigenvalue weighted by Gasteiger charge is 2.31. The minimum atomic E-state index is -4.54. The zero-order valence-electron chi connectivity index (χ0n) is 18.8. The van der Waals surface area contributed by atoms with E-state index in [9.17, 15) is 27.6 Å². The molecule has 0 spiro atoms. The molecule has 3 aromatic rings. The van der Waals surface area contributed by atoms with E-state index in [-0.39, 0.29) is 22.6 Å². The Kier molecular flexibility index (Phi) is 7.19. The molecule has 0 aliphatic carbocycles. The zero-order chi connectivity index (χ0) is 25.0. The number of carbonyl (C=O) groups excluding carboxylic acids is 3. The van der Waals surface area contributed by atoms with Crippen LogP contribution in [0.3, 0.4) is 0 Å². The third kappa shape index (κ3) is 5.33. The lowest BCUT2D eigenvalue weighted by atomic mass is 10.1. The second-order valence-corrected chi connectivity index (χ2v) is 7.58. The summed E-state index contributed by atoms with van der Waals surface area (Å²) in [5, 5.41) is 9.12. The lowest BCUT2D eigenvalue weighted by molar-refractivity contribution is -0.137. The number of aromatic nitrogens is 2. The molecule has 1 heterocycles. The fourth-order valence-corrected chi connectivity index (χ4v) is 3.54. The number of nitrogens with zero attached hydrogens (tertiary/aromatic N) is 2. The summed E-state index contributed by atoms with van der Waals surface area (Å²) in [6.07, 6.45) is -3.83. The average Bonchev–Trinajstić information content (AvgIpc) is 3.10. The van der Waals surface area contributed by atoms with Crippen molar-refractivity contribution in [2.45, 2.75) is 33.4 Å². The van der Waals surface area contributed by atoms with E-state index in [4.69, 9.17) is 0 Å². The molecular formula is C24H23F3N4O3. The van der Waals surface area contributed by atoms with E-state index in [1.165, 1.54) is 30.7 Å². The molecule has 2 amide bonds. The Morgan fingerprint density at radius 1 is 1.03 bits per heavy atom. The van der Waals surface area contributed by atoms with Crippen molar-refractivity contribution < 1.29 is 27.6 Å². The summed E-state index contributed by atoms with van der Waals surface area (Å²) in [5.41, 5.74) is 1.13. The third-order valence-corrected chi connectivity index (χ3v) is 5.22. The first-order chi connectivity index (χ1) is 16.0. The van der Waals surface area contributed by atoms with Gasteiger partial charge in [-0.05, 0) is 50.1 Å². The quantitative estimate of drug-likeness (QED) is 0.402. The SMILES string of the molecule is CCc1ccccc1NC(=O)CNC(=O)C(=O)c1c(C)nn(-c2cccc(C(F)(F)F)c2)c1C. The van der Waals surface area contributed by atoms with Crippen LogP contribution in [0.25, 0.3) is 5.69 Å². The molecule has 0 aliphatic rings. The van der Waals surface area contributed by atoms with Crippen molar-refractivity contribution in [3.63, 3.8) is 0 Å². The Hall–Kier alpha value is -3.95. The number of nitrogens with one attached hydrogen (secondary N) is 2. The number of ketones is 1. The molecule has 7 nitrogen and oxygen atoms in total. The zero-order valence-corrected chi connectivity index (χ0v) is 18.8. The second-order valence-electron chi connectivity index (χ2n) is 7.58. The van der Waals surface area contributed by atoms with Crippen LogP contribution >= 0.6 is 0 Å². The van der Waals surface area contributed by atoms with Crippen LogP contribution in [0, 0.1) is 13.8 Å². The minimum Gasteiger partial charge on any atom is -0.340 e. The lowest BCUT2D eigenvalue weighted by Gasteiger charge is -2.11. The monoisotopic (exact) mass is 472 g/mol. The van der Waals surface area contributed by atoms with E-state index in [1.807, 2.05) is 19.1 Å². The molecule has 0 radical (unpaired) electrons. The smallest absolute Gasteiger partial charge is 0.340 e. The fraction of sp³-hybridized carbons (Fsp3) is 0.250. The number of rotatable bonds is 7. The lowest BCUT2D eigenvalue weighted by Crippen LogP contribution is -2.37. The van der Waals surface area contributed by atoms with E-state index in [0.29, 0.717) is 12.1 Å². The van der Waals surface area contributed by atoms with Crippen LogP contribution in [-0.2, 0) is 22.2 Å². The van der Waals surface area contributed by atoms with Gasteiger partial charge in [0.05, 0.1) is 34.7 Å². The van der Waals surface area contributed by atoms with Crippen LogP contribution < -0.4 is 10.6 Å². The maximum atomic E-state index is 13.1. The molecule has 10 heteroatoms. The molecule has 2 N–H and O–H groups in total. The van der Waals surface area contributed by atoms with E-state index in [2.05, 4.69) is 15.7 Å². The molecule has 0 aliphatic heterocycles. The number of amides is 2. The molecule has 0 saturated heterocycles. The van der Waals surface area contributed by atoms with Gasteiger partial charge in [-0.2, -0.15) is 18.3 Å². The second kappa shape index (κ2) is 9.90. The maximum Gasteiger partial charge on any atom is 0.416 e. The van der Waals surface area contributed by atoms with E-state index in [0.717, 1.165) is 17.7 Å². The molecule has 0 atom stereocenters. The Balaban J connectivity index is 1.73. The van der Waals surface area contributed by atoms with Gasteiger partial charge in [0.1, 0.15) is 0 Å². The largest absolute Gasteiger partial charge is 0.416 e. The van der Waals surface area contributed by atoms with Gasteiger partial charge in [-0.1, -0.05) is 31.2 Å². The van der Waals surface area contributed by atoms with Crippen LogP contribution in [0.5, 0.6) is 0 Å². The summed E-state index contributed by atoms with van der Waals surface area (Å²) in [4.78, 5) is 37.4. The number of halogens is 3. The highest BCUT2D eigenvalue weighted by molar-refractivity contribution is 6.43. The number of para-hydroxylation sites is 1. The van der Waals surface area contributed by atoms with Gasteiger partial charge in [-0.15, -0.1) is 0 Å². The third-order valence-electron chi connectivity index (χ3n) is 5.22. The summed E-state index contributed by atoms with van der Waals surface area (Å²) < 4.78 is 40.4. The first-order valence-electron chi connectivity index (χ1n) is 10.5. The number of Topliss-reactive ketones (excluding diaryl/α,β-unsaturated/α-hetero) is 1. The number of benzene rings is 2. The summed E-state index contributed by atoms with van der Waals surface area (Å²) in [5.74, 6) is -2.46. The van der Waals surface area contributed by atoms with E-state index >= 15 is 0 Å². The Morgan fingerprint density at radius 3 is 2.41 bits per heavy atom. The molecule has 3 rings (SSSR count). The number of anilines is 1. The summed E-state index contributed by atoms with van der Waals surface area (Å²) in [6, 6.07) is 11.7. The van der Waals surface area contributed by atoms with Crippen LogP contribution in [0.15, 0.2) is 48.5 Å². The Morgan fingerprint density at radius 2 is 1.74 bits per heavy atom. The number of hydrogen-bond donors (Lipinski definition) is 2. The van der Waals surface area contributed by atoms with Crippen molar-refractivity contribution in [1.82, 2.24) is 15.1 Å². The topological polar surface area (TPSA) is 93.1 Å². The van der Waals surface area contributed by atoms with E-state index < -0.39 is 35.9 Å². The average molecular weight is 472 g/mol. The molecule has 0 unspecified atom stereocenters. The predicted octanol–water partition coefficient (Wildman–Crippen LogP) is 4.01. The van der Waals surface area contributed by atoms with Crippen LogP contribution in [0.4, 0.5) is 18.9 Å². The highest BCUT2D eigenvalue weighted by Crippen LogP contribution is 2.31. The van der Waals surface area contributed by atoms with Gasteiger partial charge < -0.3 is 10.6 Å². The molecule has 0 saturated carbocycles. The van der Waals surface area contributed by atoms with Crippen LogP contribution in [0.1, 0.15) is 39.8 Å².